The molecule has 3 amide bonds. The van der Waals surface area contributed by atoms with Crippen molar-refractivity contribution < 1.29 is 93.2 Å². The Morgan fingerprint density at radius 2 is 0.759 bits per heavy atom. The molecule has 1 aliphatic heterocycles. The van der Waals surface area contributed by atoms with Crippen LogP contribution in [-0.2, 0) is 66.5 Å². The minimum absolute atomic E-state index is 0.0299. The van der Waals surface area contributed by atoms with Gasteiger partial charge in [0.15, 0.2) is 0 Å². The molecule has 1 N–H and O–H groups in total. The molecule has 0 atom stereocenters. The number of ether oxygens (including phenoxy) is 11. The first kappa shape index (κ1) is 50.4. The second-order valence-corrected chi connectivity index (χ2v) is 11.5. The quantitative estimate of drug-likeness (QED) is 0.0192. The van der Waals surface area contributed by atoms with E-state index in [1.165, 1.54) is 12.2 Å². The number of hydrogen-bond donors (Lipinski definition) is 1. The first-order chi connectivity index (χ1) is 28.1. The Hall–Kier alpha value is -3.71. The number of benzene rings is 1. The third-order valence-electron chi connectivity index (χ3n) is 7.22. The minimum Gasteiger partial charge on any atom is -0.420 e. The van der Waals surface area contributed by atoms with Crippen LogP contribution in [0.2, 0.25) is 0 Å². The predicted octanol–water partition coefficient (Wildman–Crippen LogP) is 1.27. The molecule has 0 radical (unpaired) electrons. The Kier molecular flexibility index (Phi) is 28.0. The van der Waals surface area contributed by atoms with E-state index in [9.17, 15) is 41.1 Å². The normalized spacial score (nSPS) is 12.6. The molecule has 1 aliphatic rings. The van der Waals surface area contributed by atoms with Crippen molar-refractivity contribution in [3.8, 4) is 5.75 Å². The molecule has 0 aromatic heterocycles. The molecule has 1 heterocycles. The summed E-state index contributed by atoms with van der Waals surface area (Å²) in [6, 6.07) is 0. The zero-order chi connectivity index (χ0) is 42.2. The van der Waals surface area contributed by atoms with Crippen LogP contribution in [0.25, 0.3) is 0 Å². The highest BCUT2D eigenvalue weighted by molar-refractivity contribution is 6.13. The monoisotopic (exact) mass is 846 g/mol. The van der Waals surface area contributed by atoms with Gasteiger partial charge in [-0.2, -0.15) is 8.78 Å². The summed E-state index contributed by atoms with van der Waals surface area (Å²) in [6.07, 6.45) is 1.89. The minimum atomic E-state index is -2.36. The van der Waals surface area contributed by atoms with Crippen molar-refractivity contribution >= 4 is 23.7 Å². The van der Waals surface area contributed by atoms with Crippen LogP contribution in [0, 0.1) is 29.1 Å². The molecule has 17 nitrogen and oxygen atoms in total. The molecule has 0 saturated heterocycles. The number of esters is 1. The fourth-order valence-electron chi connectivity index (χ4n) is 4.29. The van der Waals surface area contributed by atoms with E-state index in [2.05, 4.69) is 10.1 Å². The van der Waals surface area contributed by atoms with Gasteiger partial charge in [-0.3, -0.25) is 24.1 Å². The van der Waals surface area contributed by atoms with Gasteiger partial charge in [-0.05, 0) is 0 Å². The maximum atomic E-state index is 13.6. The molecule has 22 heteroatoms. The van der Waals surface area contributed by atoms with Crippen molar-refractivity contribution in [2.45, 2.75) is 12.8 Å². The van der Waals surface area contributed by atoms with Crippen molar-refractivity contribution in [2.24, 2.45) is 0 Å². The summed E-state index contributed by atoms with van der Waals surface area (Å²) >= 11 is 0. The molecule has 2 rings (SSSR count). The molecule has 0 saturated carbocycles. The van der Waals surface area contributed by atoms with E-state index in [1.54, 1.807) is 0 Å². The molecular weight excluding hydrogens is 795 g/mol. The summed E-state index contributed by atoms with van der Waals surface area (Å²) in [5.41, 5.74) is 0. The topological polar surface area (TPSA) is 185 Å². The zero-order valence-electron chi connectivity index (χ0n) is 32.1. The number of nitrogens with one attached hydrogen (secondary N) is 1. The summed E-state index contributed by atoms with van der Waals surface area (Å²) in [5.74, 6) is -15.3. The first-order valence-corrected chi connectivity index (χ1v) is 18.4. The number of amides is 3. The van der Waals surface area contributed by atoms with Crippen LogP contribution in [0.5, 0.6) is 5.75 Å². The van der Waals surface area contributed by atoms with Gasteiger partial charge in [0, 0.05) is 31.7 Å². The summed E-state index contributed by atoms with van der Waals surface area (Å²) in [4.78, 5) is 47.4. The number of rotatable bonds is 37. The number of halogens is 5. The number of carbonyl (C=O) groups excluding carboxylic acids is 4. The Balaban J connectivity index is 1.20. The summed E-state index contributed by atoms with van der Waals surface area (Å²) in [6.45, 7) is 6.64. The molecule has 0 spiro atoms. The van der Waals surface area contributed by atoms with E-state index >= 15 is 0 Å². The third kappa shape index (κ3) is 22.4. The number of hydrogen-bond acceptors (Lipinski definition) is 15. The number of imide groups is 1. The second kappa shape index (κ2) is 32.2. The zero-order valence-corrected chi connectivity index (χ0v) is 32.1. The van der Waals surface area contributed by atoms with Crippen molar-refractivity contribution in [3.05, 3.63) is 41.2 Å². The Morgan fingerprint density at radius 1 is 0.448 bits per heavy atom. The molecule has 330 valence electrons. The standard InChI is InChI=1S/C36H51F5N2O15/c37-31-32(38)34(40)36(35(41)33(31)39)58-30(47)4-7-48-9-11-50-13-15-52-17-19-54-21-23-56-25-26-57-24-22-55-20-18-53-16-14-51-12-10-49-8-5-42-27(44)3-6-43-28(45)1-2-29(43)46/h1-2H,3-26H2,(H,42,44). The van der Waals surface area contributed by atoms with E-state index in [4.69, 9.17) is 47.4 Å². The average Bonchev–Trinajstić information content (AvgIpc) is 3.54. The number of nitrogens with zero attached hydrogens (tertiary/aromatic N) is 1. The van der Waals surface area contributed by atoms with Gasteiger partial charge in [0.05, 0.1) is 139 Å². The van der Waals surface area contributed by atoms with E-state index < -0.39 is 59.0 Å². The third-order valence-corrected chi connectivity index (χ3v) is 7.22. The highest BCUT2D eigenvalue weighted by Gasteiger charge is 2.28. The van der Waals surface area contributed by atoms with Gasteiger partial charge in [0.2, 0.25) is 40.7 Å². The molecule has 0 unspecified atom stereocenters. The van der Waals surface area contributed by atoms with Crippen molar-refractivity contribution in [1.82, 2.24) is 10.2 Å². The highest BCUT2D eigenvalue weighted by Crippen LogP contribution is 2.29. The molecule has 58 heavy (non-hydrogen) atoms. The molecule has 0 bridgehead atoms. The predicted molar refractivity (Wildman–Crippen MR) is 188 cm³/mol. The second-order valence-electron chi connectivity index (χ2n) is 11.5. The fourth-order valence-corrected chi connectivity index (χ4v) is 4.29. The fraction of sp³-hybridized carbons (Fsp3) is 0.667. The van der Waals surface area contributed by atoms with Crippen molar-refractivity contribution in [3.63, 3.8) is 0 Å². The lowest BCUT2D eigenvalue weighted by atomic mass is 10.2. The van der Waals surface area contributed by atoms with Gasteiger partial charge in [-0.15, -0.1) is 0 Å². The maximum absolute atomic E-state index is 13.6. The van der Waals surface area contributed by atoms with Crippen LogP contribution >= 0.6 is 0 Å². The molecule has 0 fully saturated rings. The first-order valence-electron chi connectivity index (χ1n) is 18.4. The van der Waals surface area contributed by atoms with Crippen LogP contribution in [0.4, 0.5) is 22.0 Å². The number of carbonyl (C=O) groups is 4. The molecule has 1 aromatic carbocycles. The summed E-state index contributed by atoms with van der Waals surface area (Å²) in [5, 5.41) is 2.66. The summed E-state index contributed by atoms with van der Waals surface area (Å²) in [7, 11) is 0. The highest BCUT2D eigenvalue weighted by atomic mass is 19.2. The maximum Gasteiger partial charge on any atom is 0.313 e. The van der Waals surface area contributed by atoms with E-state index in [0.717, 1.165) is 4.90 Å². The summed E-state index contributed by atoms with van der Waals surface area (Å²) < 4.78 is 124. The van der Waals surface area contributed by atoms with E-state index in [-0.39, 0.29) is 45.3 Å². The van der Waals surface area contributed by atoms with E-state index in [1.807, 2.05) is 0 Å². The van der Waals surface area contributed by atoms with E-state index in [0.29, 0.717) is 112 Å². The largest absolute Gasteiger partial charge is 0.420 e. The Morgan fingerprint density at radius 3 is 1.12 bits per heavy atom. The van der Waals surface area contributed by atoms with Crippen LogP contribution in [0.3, 0.4) is 0 Å². The van der Waals surface area contributed by atoms with Crippen LogP contribution in [0.15, 0.2) is 12.2 Å². The molecular formula is C36H51F5N2O15. The SMILES string of the molecule is O=C(CCN1C(=O)C=CC1=O)NCCOCCOCCOCCOCCOCCOCCOCCOCCOCCOCCC(=O)Oc1c(F)c(F)c(F)c(F)c1F. The lowest BCUT2D eigenvalue weighted by Crippen LogP contribution is -2.35. The van der Waals surface area contributed by atoms with Gasteiger partial charge in [0.1, 0.15) is 0 Å². The van der Waals surface area contributed by atoms with Crippen LogP contribution in [0.1, 0.15) is 12.8 Å². The Labute approximate surface area is 332 Å². The van der Waals surface area contributed by atoms with Gasteiger partial charge in [-0.25, -0.2) is 13.2 Å². The van der Waals surface area contributed by atoms with Gasteiger partial charge in [-0.1, -0.05) is 0 Å². The van der Waals surface area contributed by atoms with Crippen molar-refractivity contribution in [1.29, 1.82) is 0 Å². The smallest absolute Gasteiger partial charge is 0.313 e. The van der Waals surface area contributed by atoms with Gasteiger partial charge < -0.3 is 57.4 Å². The lowest BCUT2D eigenvalue weighted by Gasteiger charge is -2.13. The Bertz CT molecular complexity index is 1350. The molecule has 1 aromatic rings. The molecule has 0 aliphatic carbocycles. The van der Waals surface area contributed by atoms with Crippen LogP contribution in [-0.4, -0.2) is 174 Å². The van der Waals surface area contributed by atoms with Crippen LogP contribution < -0.4 is 10.1 Å². The van der Waals surface area contributed by atoms with Crippen molar-refractivity contribution in [2.75, 3.05) is 145 Å². The average molecular weight is 847 g/mol. The van der Waals surface area contributed by atoms with Gasteiger partial charge >= 0.3 is 5.97 Å². The van der Waals surface area contributed by atoms with Gasteiger partial charge in [0.25, 0.3) is 11.8 Å². The lowest BCUT2D eigenvalue weighted by molar-refractivity contribution is -0.138.